The molecule has 5 nitrogen and oxygen atoms in total. The Balaban J connectivity index is 1.97. The maximum absolute atomic E-state index is 13.2. The third-order valence-electron chi connectivity index (χ3n) is 2.52. The fraction of sp³-hybridized carbons (Fsp3) is 0.273. The van der Waals surface area contributed by atoms with E-state index >= 15 is 0 Å². The quantitative estimate of drug-likeness (QED) is 0.844. The van der Waals surface area contributed by atoms with E-state index in [9.17, 15) is 18.4 Å². The molecular weight excluding hydrogens is 244 g/mol. The van der Waals surface area contributed by atoms with Gasteiger partial charge in [-0.1, -0.05) is 0 Å². The maximum Gasteiger partial charge on any atom is 0.324 e. The number of amides is 3. The summed E-state index contributed by atoms with van der Waals surface area (Å²) in [4.78, 5) is 23.8. The van der Waals surface area contributed by atoms with Crippen LogP contribution in [-0.4, -0.2) is 36.5 Å². The third-order valence-corrected chi connectivity index (χ3v) is 2.52. The topological polar surface area (TPSA) is 61.4 Å². The van der Waals surface area contributed by atoms with Crippen molar-refractivity contribution in [1.29, 1.82) is 0 Å². The highest BCUT2D eigenvalue weighted by Crippen LogP contribution is 2.15. The van der Waals surface area contributed by atoms with Gasteiger partial charge in [-0.25, -0.2) is 13.6 Å². The molecule has 7 heteroatoms. The molecule has 1 fully saturated rings. The first-order chi connectivity index (χ1) is 8.58. The van der Waals surface area contributed by atoms with Gasteiger partial charge in [0.05, 0.1) is 12.2 Å². The van der Waals surface area contributed by atoms with Crippen molar-refractivity contribution in [2.24, 2.45) is 0 Å². The molecule has 0 radical (unpaired) electrons. The van der Waals surface area contributed by atoms with Crippen LogP contribution in [0.5, 0.6) is 0 Å². The lowest BCUT2D eigenvalue weighted by Gasteiger charge is -2.13. The van der Waals surface area contributed by atoms with Crippen molar-refractivity contribution in [3.63, 3.8) is 0 Å². The van der Waals surface area contributed by atoms with Gasteiger partial charge >= 0.3 is 6.03 Å². The number of halogens is 2. The summed E-state index contributed by atoms with van der Waals surface area (Å²) in [6, 6.07) is 2.43. The summed E-state index contributed by atoms with van der Waals surface area (Å²) in [6.45, 7) is 0.414. The van der Waals surface area contributed by atoms with Gasteiger partial charge in [0.25, 0.3) is 0 Å². The Bertz CT molecular complexity index is 493. The Morgan fingerprint density at radius 1 is 1.44 bits per heavy atom. The van der Waals surface area contributed by atoms with Gasteiger partial charge in [0.15, 0.2) is 0 Å². The van der Waals surface area contributed by atoms with E-state index in [1.807, 2.05) is 0 Å². The molecule has 2 rings (SSSR count). The molecule has 96 valence electrons. The van der Waals surface area contributed by atoms with Gasteiger partial charge in [-0.2, -0.15) is 0 Å². The van der Waals surface area contributed by atoms with Gasteiger partial charge in [-0.05, 0) is 18.2 Å². The number of nitrogens with zero attached hydrogens (tertiary/aromatic N) is 1. The summed E-state index contributed by atoms with van der Waals surface area (Å²) in [7, 11) is 0. The Morgan fingerprint density at radius 2 is 2.22 bits per heavy atom. The first kappa shape index (κ1) is 12.3. The molecule has 1 heterocycles. The smallest absolute Gasteiger partial charge is 0.324 e. The van der Waals surface area contributed by atoms with Crippen LogP contribution in [0.4, 0.5) is 19.3 Å². The van der Waals surface area contributed by atoms with Gasteiger partial charge in [0.2, 0.25) is 5.91 Å². The number of hydrogen-bond acceptors (Lipinski definition) is 3. The highest BCUT2D eigenvalue weighted by atomic mass is 19.1. The Labute approximate surface area is 102 Å². The second kappa shape index (κ2) is 4.99. The molecule has 1 aromatic rings. The average molecular weight is 255 g/mol. The molecule has 0 atom stereocenters. The average Bonchev–Trinajstić information content (AvgIpc) is 2.76. The summed E-state index contributed by atoms with van der Waals surface area (Å²) in [5, 5.41) is 4.94. The van der Waals surface area contributed by atoms with Crippen molar-refractivity contribution in [3.05, 3.63) is 29.8 Å². The Hall–Kier alpha value is -2.18. The Kier molecular flexibility index (Phi) is 3.40. The standard InChI is InChI=1S/C11H11F2N3O2/c12-7-1-2-8(13)9(5-7)15-6-10(17)16-4-3-14-11(16)18/h1-2,5,15H,3-4,6H2,(H,14,18). The zero-order valence-electron chi connectivity index (χ0n) is 9.37. The van der Waals surface area contributed by atoms with Crippen LogP contribution in [0.1, 0.15) is 0 Å². The predicted molar refractivity (Wildman–Crippen MR) is 60.0 cm³/mol. The number of carbonyl (C=O) groups is 2. The molecule has 1 aliphatic rings. The van der Waals surface area contributed by atoms with Crippen molar-refractivity contribution in [3.8, 4) is 0 Å². The lowest BCUT2D eigenvalue weighted by atomic mass is 10.3. The monoisotopic (exact) mass is 255 g/mol. The van der Waals surface area contributed by atoms with Crippen LogP contribution in [-0.2, 0) is 4.79 Å². The second-order valence-electron chi connectivity index (χ2n) is 3.76. The van der Waals surface area contributed by atoms with Crippen LogP contribution < -0.4 is 10.6 Å². The minimum absolute atomic E-state index is 0.108. The van der Waals surface area contributed by atoms with E-state index in [2.05, 4.69) is 10.6 Å². The number of imide groups is 1. The number of rotatable bonds is 3. The normalized spacial score (nSPS) is 14.6. The summed E-state index contributed by atoms with van der Waals surface area (Å²) in [5.74, 6) is -1.76. The van der Waals surface area contributed by atoms with Crippen LogP contribution in [0.2, 0.25) is 0 Å². The molecule has 1 aliphatic heterocycles. The highest BCUT2D eigenvalue weighted by Gasteiger charge is 2.25. The maximum atomic E-state index is 13.2. The molecule has 1 saturated heterocycles. The van der Waals surface area contributed by atoms with E-state index in [0.717, 1.165) is 23.1 Å². The molecular formula is C11H11F2N3O2. The molecule has 0 aliphatic carbocycles. The van der Waals surface area contributed by atoms with E-state index in [1.54, 1.807) is 0 Å². The number of carbonyl (C=O) groups excluding carboxylic acids is 2. The van der Waals surface area contributed by atoms with Gasteiger partial charge in [0.1, 0.15) is 11.6 Å². The molecule has 0 bridgehead atoms. The molecule has 0 aromatic heterocycles. The summed E-state index contributed by atoms with van der Waals surface area (Å²) < 4.78 is 26.1. The lowest BCUT2D eigenvalue weighted by Crippen LogP contribution is -2.38. The van der Waals surface area contributed by atoms with Crippen LogP contribution in [0.3, 0.4) is 0 Å². The van der Waals surface area contributed by atoms with Crippen molar-refractivity contribution < 1.29 is 18.4 Å². The molecule has 2 N–H and O–H groups in total. The zero-order valence-corrected chi connectivity index (χ0v) is 9.37. The molecule has 0 saturated carbocycles. The van der Waals surface area contributed by atoms with Gasteiger partial charge in [0, 0.05) is 13.1 Å². The van der Waals surface area contributed by atoms with E-state index in [4.69, 9.17) is 0 Å². The van der Waals surface area contributed by atoms with Crippen molar-refractivity contribution >= 4 is 17.6 Å². The zero-order chi connectivity index (χ0) is 13.1. The molecule has 1 aromatic carbocycles. The van der Waals surface area contributed by atoms with E-state index < -0.39 is 23.6 Å². The molecule has 3 amide bonds. The predicted octanol–water partition coefficient (Wildman–Crippen LogP) is 0.928. The van der Waals surface area contributed by atoms with Crippen molar-refractivity contribution in [1.82, 2.24) is 10.2 Å². The van der Waals surface area contributed by atoms with Crippen LogP contribution in [0, 0.1) is 11.6 Å². The number of urea groups is 1. The van der Waals surface area contributed by atoms with Gasteiger partial charge < -0.3 is 10.6 Å². The number of benzene rings is 1. The SMILES string of the molecule is O=C(CNc1cc(F)ccc1F)N1CCNC1=O. The number of anilines is 1. The van der Waals surface area contributed by atoms with Crippen LogP contribution >= 0.6 is 0 Å². The van der Waals surface area contributed by atoms with Crippen molar-refractivity contribution in [2.45, 2.75) is 0 Å². The van der Waals surface area contributed by atoms with Crippen molar-refractivity contribution in [2.75, 3.05) is 25.0 Å². The van der Waals surface area contributed by atoms with E-state index in [0.29, 0.717) is 6.54 Å². The van der Waals surface area contributed by atoms with Gasteiger partial charge in [-0.15, -0.1) is 0 Å². The lowest BCUT2D eigenvalue weighted by molar-refractivity contribution is -0.125. The first-order valence-corrected chi connectivity index (χ1v) is 5.35. The van der Waals surface area contributed by atoms with Crippen LogP contribution in [0.25, 0.3) is 0 Å². The third kappa shape index (κ3) is 2.55. The second-order valence-corrected chi connectivity index (χ2v) is 3.76. The summed E-state index contributed by atoms with van der Waals surface area (Å²) in [6.07, 6.45) is 0. The first-order valence-electron chi connectivity index (χ1n) is 5.35. The minimum Gasteiger partial charge on any atom is -0.374 e. The van der Waals surface area contributed by atoms with E-state index in [1.165, 1.54) is 0 Å². The van der Waals surface area contributed by atoms with Crippen LogP contribution in [0.15, 0.2) is 18.2 Å². The van der Waals surface area contributed by atoms with Gasteiger partial charge in [-0.3, -0.25) is 9.69 Å². The molecule has 0 spiro atoms. The molecule has 18 heavy (non-hydrogen) atoms. The minimum atomic E-state index is -0.657. The Morgan fingerprint density at radius 3 is 2.89 bits per heavy atom. The summed E-state index contributed by atoms with van der Waals surface area (Å²) in [5.41, 5.74) is -0.108. The largest absolute Gasteiger partial charge is 0.374 e. The molecule has 0 unspecified atom stereocenters. The highest BCUT2D eigenvalue weighted by molar-refractivity contribution is 5.97. The number of nitrogens with one attached hydrogen (secondary N) is 2. The fourth-order valence-electron chi connectivity index (χ4n) is 1.61. The fourth-order valence-corrected chi connectivity index (χ4v) is 1.61. The van der Waals surface area contributed by atoms with E-state index in [-0.39, 0.29) is 18.8 Å². The number of hydrogen-bond donors (Lipinski definition) is 2. The summed E-state index contributed by atoms with van der Waals surface area (Å²) >= 11 is 0.